The second-order valence-corrected chi connectivity index (χ2v) is 6.55. The van der Waals surface area contributed by atoms with Gasteiger partial charge >= 0.3 is 0 Å². The number of carbonyl (C=O) groups excluding carboxylic acids is 1. The predicted octanol–water partition coefficient (Wildman–Crippen LogP) is 0.977. The smallest absolute Gasteiger partial charge is 0.237 e. The van der Waals surface area contributed by atoms with Gasteiger partial charge in [0.05, 0.1) is 22.8 Å². The Hall–Kier alpha value is -1.83. The number of amides is 1. The van der Waals surface area contributed by atoms with Crippen molar-refractivity contribution in [2.24, 2.45) is 0 Å². The number of pyridine rings is 1. The number of aliphatic hydroxyl groups excluding tert-OH is 1. The lowest BCUT2D eigenvalue weighted by Crippen LogP contribution is -2.40. The fourth-order valence-corrected chi connectivity index (χ4v) is 3.42. The number of aliphatic hydroxyl groups is 1. The van der Waals surface area contributed by atoms with E-state index in [0.29, 0.717) is 19.5 Å². The van der Waals surface area contributed by atoms with Crippen LogP contribution in [0.1, 0.15) is 17.8 Å². The van der Waals surface area contributed by atoms with Gasteiger partial charge in [-0.05, 0) is 25.0 Å². The van der Waals surface area contributed by atoms with Crippen LogP contribution in [-0.4, -0.2) is 46.2 Å². The largest absolute Gasteiger partial charge is 0.392 e. The number of rotatable bonds is 6. The Balaban J connectivity index is 1.41. The molecule has 1 amide bonds. The summed E-state index contributed by atoms with van der Waals surface area (Å²) in [4.78, 5) is 20.5. The van der Waals surface area contributed by atoms with E-state index in [1.807, 2.05) is 17.5 Å². The number of thiazole rings is 1. The van der Waals surface area contributed by atoms with Crippen LogP contribution in [0.15, 0.2) is 29.9 Å². The summed E-state index contributed by atoms with van der Waals surface area (Å²) in [5, 5.41) is 18.4. The van der Waals surface area contributed by atoms with Gasteiger partial charge in [0.1, 0.15) is 0 Å². The van der Waals surface area contributed by atoms with Gasteiger partial charge in [0, 0.05) is 42.8 Å². The summed E-state index contributed by atoms with van der Waals surface area (Å²) in [7, 11) is 0. The molecule has 1 fully saturated rings. The third-order valence-electron chi connectivity index (χ3n) is 3.82. The van der Waals surface area contributed by atoms with Crippen molar-refractivity contribution in [3.8, 4) is 11.3 Å². The van der Waals surface area contributed by atoms with Crippen LogP contribution in [0.5, 0.6) is 0 Å². The summed E-state index contributed by atoms with van der Waals surface area (Å²) in [5.74, 6) is -0.0295. The van der Waals surface area contributed by atoms with Gasteiger partial charge in [0.15, 0.2) is 0 Å². The highest BCUT2D eigenvalue weighted by molar-refractivity contribution is 7.09. The quantitative estimate of drug-likeness (QED) is 0.686. The lowest BCUT2D eigenvalue weighted by Gasteiger charge is -2.10. The Morgan fingerprint density at radius 2 is 2.26 bits per heavy atom. The molecule has 2 aromatic rings. The highest BCUT2D eigenvalue weighted by Crippen LogP contribution is 2.21. The molecule has 3 rings (SSSR count). The molecule has 2 aromatic heterocycles. The van der Waals surface area contributed by atoms with E-state index >= 15 is 0 Å². The number of β-amino-alcohol motifs (C(OH)–C–C–N with tert-alkyl or cyclic N) is 1. The van der Waals surface area contributed by atoms with Crippen molar-refractivity contribution in [3.63, 3.8) is 0 Å². The van der Waals surface area contributed by atoms with Crippen LogP contribution in [0.4, 0.5) is 0 Å². The molecule has 23 heavy (non-hydrogen) atoms. The van der Waals surface area contributed by atoms with Gasteiger partial charge in [0.25, 0.3) is 0 Å². The van der Waals surface area contributed by atoms with E-state index in [1.165, 1.54) is 0 Å². The number of nitrogens with one attached hydrogen (secondary N) is 2. The minimum absolute atomic E-state index is 0.0295. The van der Waals surface area contributed by atoms with Crippen LogP contribution in [0.25, 0.3) is 11.3 Å². The molecule has 3 N–H and O–H groups in total. The van der Waals surface area contributed by atoms with Gasteiger partial charge in [-0.1, -0.05) is 0 Å². The molecular formula is C16H20N4O2S. The fraction of sp³-hybridized carbons (Fsp3) is 0.438. The molecule has 0 bridgehead atoms. The Morgan fingerprint density at radius 1 is 1.43 bits per heavy atom. The number of aryl methyl sites for hydroxylation is 1. The van der Waals surface area contributed by atoms with E-state index < -0.39 is 6.10 Å². The molecule has 0 radical (unpaired) electrons. The molecule has 122 valence electrons. The highest BCUT2D eigenvalue weighted by atomic mass is 32.1. The van der Waals surface area contributed by atoms with Crippen molar-refractivity contribution in [2.45, 2.75) is 31.4 Å². The molecule has 1 saturated heterocycles. The molecule has 0 saturated carbocycles. The minimum Gasteiger partial charge on any atom is -0.392 e. The second-order valence-electron chi connectivity index (χ2n) is 5.61. The molecule has 2 atom stereocenters. The van der Waals surface area contributed by atoms with Gasteiger partial charge in [-0.3, -0.25) is 9.78 Å². The zero-order valence-electron chi connectivity index (χ0n) is 12.7. The number of hydrogen-bond donors (Lipinski definition) is 3. The van der Waals surface area contributed by atoms with E-state index in [4.69, 9.17) is 0 Å². The number of carbonyl (C=O) groups is 1. The van der Waals surface area contributed by atoms with Crippen LogP contribution in [0.2, 0.25) is 0 Å². The Labute approximate surface area is 139 Å². The van der Waals surface area contributed by atoms with E-state index in [1.54, 1.807) is 23.7 Å². The lowest BCUT2D eigenvalue weighted by atomic mass is 10.2. The fourth-order valence-electron chi connectivity index (χ4n) is 2.57. The Bertz CT molecular complexity index is 647. The minimum atomic E-state index is -0.410. The maximum Gasteiger partial charge on any atom is 0.237 e. The summed E-state index contributed by atoms with van der Waals surface area (Å²) < 4.78 is 0. The molecular weight excluding hydrogens is 312 g/mol. The van der Waals surface area contributed by atoms with Crippen molar-refractivity contribution in [1.29, 1.82) is 0 Å². The van der Waals surface area contributed by atoms with Gasteiger partial charge in [-0.25, -0.2) is 4.98 Å². The standard InChI is InChI=1S/C16H20N4O2S/c21-12-8-13(19-9-12)16(22)18-5-1-2-15-20-14(10-23-15)11-3-6-17-7-4-11/h3-4,6-7,10,12-13,19,21H,1-2,5,8-9H2,(H,18,22)/t12-,13+/m1/s1. The maximum atomic E-state index is 11.9. The van der Waals surface area contributed by atoms with Gasteiger partial charge < -0.3 is 15.7 Å². The van der Waals surface area contributed by atoms with Crippen molar-refractivity contribution < 1.29 is 9.90 Å². The van der Waals surface area contributed by atoms with E-state index in [0.717, 1.165) is 29.1 Å². The van der Waals surface area contributed by atoms with Crippen LogP contribution < -0.4 is 10.6 Å². The third kappa shape index (κ3) is 4.34. The zero-order valence-corrected chi connectivity index (χ0v) is 13.6. The predicted molar refractivity (Wildman–Crippen MR) is 89.1 cm³/mol. The van der Waals surface area contributed by atoms with Gasteiger partial charge in [-0.2, -0.15) is 0 Å². The second kappa shape index (κ2) is 7.63. The monoisotopic (exact) mass is 332 g/mol. The van der Waals surface area contributed by atoms with E-state index in [-0.39, 0.29) is 11.9 Å². The first-order chi connectivity index (χ1) is 11.2. The summed E-state index contributed by atoms with van der Waals surface area (Å²) >= 11 is 1.64. The zero-order chi connectivity index (χ0) is 16.1. The van der Waals surface area contributed by atoms with Crippen molar-refractivity contribution in [1.82, 2.24) is 20.6 Å². The maximum absolute atomic E-state index is 11.9. The molecule has 6 nitrogen and oxygen atoms in total. The number of aromatic nitrogens is 2. The van der Waals surface area contributed by atoms with E-state index in [2.05, 4.69) is 20.6 Å². The van der Waals surface area contributed by atoms with E-state index in [9.17, 15) is 9.90 Å². The molecule has 1 aliphatic heterocycles. The summed E-state index contributed by atoms with van der Waals surface area (Å²) in [5.41, 5.74) is 2.04. The average Bonchev–Trinajstić information content (AvgIpc) is 3.21. The molecule has 0 spiro atoms. The third-order valence-corrected chi connectivity index (χ3v) is 4.73. The normalized spacial score (nSPS) is 20.6. The van der Waals surface area contributed by atoms with Crippen molar-refractivity contribution in [3.05, 3.63) is 34.9 Å². The summed E-state index contributed by atoms with van der Waals surface area (Å²) in [6, 6.07) is 3.63. The number of nitrogens with zero attached hydrogens (tertiary/aromatic N) is 2. The molecule has 0 aliphatic carbocycles. The van der Waals surface area contributed by atoms with Crippen LogP contribution in [0, 0.1) is 0 Å². The first kappa shape index (κ1) is 16.0. The first-order valence-corrected chi connectivity index (χ1v) is 8.64. The first-order valence-electron chi connectivity index (χ1n) is 7.76. The molecule has 1 aliphatic rings. The van der Waals surface area contributed by atoms with Crippen LogP contribution in [-0.2, 0) is 11.2 Å². The molecule has 7 heteroatoms. The number of hydrogen-bond acceptors (Lipinski definition) is 6. The topological polar surface area (TPSA) is 87.1 Å². The van der Waals surface area contributed by atoms with Crippen LogP contribution >= 0.6 is 11.3 Å². The molecule has 0 aromatic carbocycles. The summed E-state index contributed by atoms with van der Waals surface area (Å²) in [6.07, 6.45) is 5.30. The Morgan fingerprint density at radius 3 is 3.00 bits per heavy atom. The van der Waals surface area contributed by atoms with Gasteiger partial charge in [-0.15, -0.1) is 11.3 Å². The van der Waals surface area contributed by atoms with Crippen molar-refractivity contribution in [2.75, 3.05) is 13.1 Å². The molecule has 0 unspecified atom stereocenters. The summed E-state index contributed by atoms with van der Waals surface area (Å²) in [6.45, 7) is 1.12. The lowest BCUT2D eigenvalue weighted by molar-refractivity contribution is -0.122. The highest BCUT2D eigenvalue weighted by Gasteiger charge is 2.27. The average molecular weight is 332 g/mol. The van der Waals surface area contributed by atoms with Crippen molar-refractivity contribution >= 4 is 17.2 Å². The molecule has 3 heterocycles. The SMILES string of the molecule is O=C(NCCCc1nc(-c2ccncc2)cs1)[C@@H]1C[C@@H](O)CN1. The van der Waals surface area contributed by atoms with Gasteiger partial charge in [0.2, 0.25) is 5.91 Å². The Kier molecular flexibility index (Phi) is 5.32. The van der Waals surface area contributed by atoms with Crippen LogP contribution in [0.3, 0.4) is 0 Å².